The standard InChI is InChI=1S/C78H83N4O.Pt/c1-50(2)63-32-26-33-64(51(3)4)72(63)52-35-36-68-69(39-52)81(49-80(68)59-41-56(75(8,9)10)40-57(42-59)77(14,15)53-27-20-18-21-28-53)60-43-58(78(16,17)54-29-22-19-23-30-54)44-61(46-60)83-62-47-66(76(11,12)13)73-65-31-24-25-34-67(65)82(70(73)48-62)71-45-55(37-38-79-71)74(5,6)7;/h18-45,47,49-51H,1-17H3;/q-3;. The molecule has 0 N–H and O–H groups in total. The first-order valence-corrected chi connectivity index (χ1v) is 29.9. The summed E-state index contributed by atoms with van der Waals surface area (Å²) in [6, 6.07) is 70.5. The van der Waals surface area contributed by atoms with Crippen molar-refractivity contribution in [1.82, 2.24) is 9.55 Å². The van der Waals surface area contributed by atoms with E-state index in [1.807, 2.05) is 6.20 Å². The summed E-state index contributed by atoms with van der Waals surface area (Å²) in [5.74, 6) is 2.72. The molecular formula is C78H83N4OPt-3. The van der Waals surface area contributed by atoms with Gasteiger partial charge in [-0.2, -0.15) is 0 Å². The number of pyridine rings is 1. The molecule has 0 aliphatic carbocycles. The number of para-hydroxylation sites is 1. The molecule has 1 aliphatic rings. The van der Waals surface area contributed by atoms with Gasteiger partial charge in [-0.25, -0.2) is 4.98 Å². The number of ether oxygens (including phenoxy) is 1. The molecule has 0 amide bonds. The first kappa shape index (κ1) is 59.9. The van der Waals surface area contributed by atoms with E-state index in [0.29, 0.717) is 23.3 Å². The van der Waals surface area contributed by atoms with Crippen molar-refractivity contribution in [1.29, 1.82) is 0 Å². The molecule has 11 rings (SSSR count). The summed E-state index contributed by atoms with van der Waals surface area (Å²) in [6.45, 7) is 41.4. The van der Waals surface area contributed by atoms with Crippen LogP contribution in [0.15, 0.2) is 176 Å². The number of anilines is 4. The molecule has 0 unspecified atom stereocenters. The van der Waals surface area contributed by atoms with Gasteiger partial charge in [-0.05, 0) is 131 Å². The zero-order chi connectivity index (χ0) is 59.1. The van der Waals surface area contributed by atoms with Crippen LogP contribution in [0, 0.1) is 18.8 Å². The zero-order valence-corrected chi connectivity index (χ0v) is 54.8. The Bertz CT molecular complexity index is 4020. The van der Waals surface area contributed by atoms with Crippen LogP contribution in [0.5, 0.6) is 11.5 Å². The largest absolute Gasteiger partial charge is 0.509 e. The zero-order valence-electron chi connectivity index (χ0n) is 52.5. The van der Waals surface area contributed by atoms with E-state index in [2.05, 4.69) is 321 Å². The molecule has 0 saturated carbocycles. The number of hydrogen-bond acceptors (Lipinski definition) is 4. The molecule has 0 saturated heterocycles. The summed E-state index contributed by atoms with van der Waals surface area (Å²) in [5, 5.41) is 2.31. The van der Waals surface area contributed by atoms with E-state index in [-0.39, 0.29) is 42.7 Å². The Hall–Kier alpha value is -7.20. The summed E-state index contributed by atoms with van der Waals surface area (Å²) >= 11 is 0. The molecule has 5 nitrogen and oxygen atoms in total. The molecule has 3 heterocycles. The van der Waals surface area contributed by atoms with Crippen molar-refractivity contribution < 1.29 is 25.8 Å². The maximum Gasteiger partial charge on any atom is 0.135 e. The van der Waals surface area contributed by atoms with Crippen LogP contribution in [0.1, 0.15) is 180 Å². The van der Waals surface area contributed by atoms with Gasteiger partial charge in [0, 0.05) is 66.8 Å². The average Bonchev–Trinajstić information content (AvgIpc) is 1.80. The first-order chi connectivity index (χ1) is 39.2. The number of fused-ring (bicyclic) bond motifs is 4. The maximum absolute atomic E-state index is 7.39. The molecule has 10 aromatic rings. The molecule has 434 valence electrons. The number of hydrogen-bond donors (Lipinski definition) is 0. The van der Waals surface area contributed by atoms with Gasteiger partial charge in [0.2, 0.25) is 0 Å². The van der Waals surface area contributed by atoms with E-state index < -0.39 is 5.41 Å². The smallest absolute Gasteiger partial charge is 0.135 e. The SMILES string of the molecule is CC(C)c1cccc(C(C)C)c1-c1ccc2c(c1)N(c1[c-]c(Oc3[c-]c4c(c(C(C)(C)C)c3)c3ccccc3n4-c3cc(C(C)(C)C)ccn3)cc(C(C)(C)c3ccccc3)c1)[CH-]N2c1cc(C(C)(C)C)cc(C(C)(C)c2ccccc2)c1.[Pt]. The van der Waals surface area contributed by atoms with E-state index in [1.54, 1.807) is 0 Å². The van der Waals surface area contributed by atoms with Crippen molar-refractivity contribution in [3.05, 3.63) is 245 Å². The molecule has 8 aromatic carbocycles. The Labute approximate surface area is 516 Å². The van der Waals surface area contributed by atoms with Gasteiger partial charge in [0.05, 0.1) is 0 Å². The second-order valence-corrected chi connectivity index (χ2v) is 27.9. The number of aromatic nitrogens is 2. The van der Waals surface area contributed by atoms with Crippen LogP contribution in [0.4, 0.5) is 22.7 Å². The van der Waals surface area contributed by atoms with Crippen molar-refractivity contribution in [2.24, 2.45) is 0 Å². The van der Waals surface area contributed by atoms with Crippen LogP contribution in [0.2, 0.25) is 0 Å². The topological polar surface area (TPSA) is 33.5 Å². The van der Waals surface area contributed by atoms with Gasteiger partial charge in [-0.15, -0.1) is 53.8 Å². The minimum Gasteiger partial charge on any atom is -0.509 e. The van der Waals surface area contributed by atoms with Crippen molar-refractivity contribution >= 4 is 44.6 Å². The normalized spacial score (nSPS) is 13.3. The van der Waals surface area contributed by atoms with Gasteiger partial charge in [0.15, 0.2) is 0 Å². The monoisotopic (exact) mass is 1290 g/mol. The summed E-state index contributed by atoms with van der Waals surface area (Å²) < 4.78 is 9.66. The number of benzene rings is 8. The van der Waals surface area contributed by atoms with Crippen LogP contribution in [-0.2, 0) is 48.1 Å². The summed E-state index contributed by atoms with van der Waals surface area (Å²) in [7, 11) is 0. The molecule has 2 aromatic heterocycles. The van der Waals surface area contributed by atoms with E-state index in [0.717, 1.165) is 55.9 Å². The first-order valence-electron chi connectivity index (χ1n) is 29.9. The van der Waals surface area contributed by atoms with Crippen LogP contribution in [0.3, 0.4) is 0 Å². The van der Waals surface area contributed by atoms with E-state index >= 15 is 0 Å². The minimum absolute atomic E-state index is 0. The fourth-order valence-electron chi connectivity index (χ4n) is 12.3. The molecule has 0 fully saturated rings. The second-order valence-electron chi connectivity index (χ2n) is 27.9. The van der Waals surface area contributed by atoms with Gasteiger partial charge >= 0.3 is 0 Å². The van der Waals surface area contributed by atoms with Crippen molar-refractivity contribution in [2.75, 3.05) is 9.80 Å². The predicted octanol–water partition coefficient (Wildman–Crippen LogP) is 21.4. The van der Waals surface area contributed by atoms with Crippen LogP contribution in [-0.4, -0.2) is 9.55 Å². The van der Waals surface area contributed by atoms with Crippen molar-refractivity contribution in [2.45, 2.75) is 157 Å². The van der Waals surface area contributed by atoms with E-state index in [4.69, 9.17) is 9.72 Å². The van der Waals surface area contributed by atoms with E-state index in [1.165, 1.54) is 55.6 Å². The summed E-state index contributed by atoms with van der Waals surface area (Å²) in [5.41, 5.74) is 18.7. The molecule has 0 spiro atoms. The van der Waals surface area contributed by atoms with Gasteiger partial charge < -0.3 is 19.1 Å². The molecule has 6 heteroatoms. The summed E-state index contributed by atoms with van der Waals surface area (Å²) in [4.78, 5) is 9.81. The Morgan fingerprint density at radius 3 is 1.64 bits per heavy atom. The van der Waals surface area contributed by atoms with E-state index in [9.17, 15) is 0 Å². The van der Waals surface area contributed by atoms with Gasteiger partial charge in [-0.3, -0.25) is 0 Å². The van der Waals surface area contributed by atoms with Crippen molar-refractivity contribution in [3.63, 3.8) is 0 Å². The van der Waals surface area contributed by atoms with Crippen LogP contribution >= 0.6 is 0 Å². The van der Waals surface area contributed by atoms with Crippen molar-refractivity contribution in [3.8, 4) is 28.4 Å². The Morgan fingerprint density at radius 1 is 0.476 bits per heavy atom. The third kappa shape index (κ3) is 11.2. The third-order valence-electron chi connectivity index (χ3n) is 17.5. The summed E-state index contributed by atoms with van der Waals surface area (Å²) in [6.07, 6.45) is 1.94. The molecule has 0 radical (unpaired) electrons. The third-order valence-corrected chi connectivity index (χ3v) is 17.5. The number of nitrogens with zero attached hydrogens (tertiary/aromatic N) is 4. The van der Waals surface area contributed by atoms with Gasteiger partial charge in [0.25, 0.3) is 0 Å². The van der Waals surface area contributed by atoms with Crippen LogP contribution < -0.4 is 14.5 Å². The Balaban J connectivity index is 0.00000786. The Morgan fingerprint density at radius 2 is 1.05 bits per heavy atom. The second kappa shape index (κ2) is 22.3. The molecule has 1 aliphatic heterocycles. The number of rotatable bonds is 12. The fourth-order valence-corrected chi connectivity index (χ4v) is 12.3. The fraction of sp³-hybridized carbons (Fsp3) is 0.308. The molecule has 0 atom stereocenters. The quantitative estimate of drug-likeness (QED) is 0.114. The molecule has 84 heavy (non-hydrogen) atoms. The molecule has 0 bridgehead atoms. The van der Waals surface area contributed by atoms with Gasteiger partial charge in [0.1, 0.15) is 5.82 Å². The Kier molecular flexibility index (Phi) is 15.9. The van der Waals surface area contributed by atoms with Crippen LogP contribution in [0.25, 0.3) is 38.8 Å². The average molecular weight is 1290 g/mol. The maximum atomic E-state index is 7.39. The minimum atomic E-state index is -0.435. The predicted molar refractivity (Wildman–Crippen MR) is 351 cm³/mol. The molecular weight excluding hydrogens is 1200 g/mol. The van der Waals surface area contributed by atoms with Gasteiger partial charge in [-0.1, -0.05) is 238 Å².